The zero-order valence-electron chi connectivity index (χ0n) is 9.83. The number of carbonyl (C=O) groups is 2. The van der Waals surface area contributed by atoms with E-state index < -0.39 is 5.97 Å². The highest BCUT2D eigenvalue weighted by Crippen LogP contribution is 2.22. The molecule has 1 amide bonds. The molecule has 18 heavy (non-hydrogen) atoms. The molecular weight excluding hydrogens is 254 g/mol. The lowest BCUT2D eigenvalue weighted by Crippen LogP contribution is -2.29. The summed E-state index contributed by atoms with van der Waals surface area (Å²) >= 11 is 1.37. The number of nitrogens with zero attached hydrogens (tertiary/aromatic N) is 2. The number of hydrogen-bond acceptors (Lipinski definition) is 5. The van der Waals surface area contributed by atoms with Crippen molar-refractivity contribution in [3.05, 3.63) is 16.1 Å². The fraction of sp³-hybridized carbons (Fsp3) is 0.545. The van der Waals surface area contributed by atoms with E-state index >= 15 is 0 Å². The second-order valence-corrected chi connectivity index (χ2v) is 5.28. The van der Waals surface area contributed by atoms with Gasteiger partial charge < -0.3 is 15.7 Å². The highest BCUT2D eigenvalue weighted by molar-refractivity contribution is 7.09. The SMILES string of the molecule is NCc1nc(C(=O)N2CCC(CC(=O)O)C2)cs1. The summed E-state index contributed by atoms with van der Waals surface area (Å²) in [6, 6.07) is 0. The van der Waals surface area contributed by atoms with Gasteiger partial charge in [-0.1, -0.05) is 0 Å². The molecule has 3 N–H and O–H groups in total. The van der Waals surface area contributed by atoms with Crippen molar-refractivity contribution in [1.29, 1.82) is 0 Å². The van der Waals surface area contributed by atoms with E-state index in [0.717, 1.165) is 11.4 Å². The molecule has 1 aromatic rings. The van der Waals surface area contributed by atoms with Crippen molar-refractivity contribution in [2.24, 2.45) is 11.7 Å². The molecule has 1 unspecified atom stereocenters. The van der Waals surface area contributed by atoms with Crippen molar-refractivity contribution in [2.45, 2.75) is 19.4 Å². The number of aliphatic carboxylic acids is 1. The van der Waals surface area contributed by atoms with Gasteiger partial charge >= 0.3 is 5.97 Å². The van der Waals surface area contributed by atoms with E-state index in [1.807, 2.05) is 0 Å². The molecule has 0 saturated carbocycles. The number of carboxylic acid groups (broad SMARTS) is 1. The minimum Gasteiger partial charge on any atom is -0.481 e. The number of hydrogen-bond donors (Lipinski definition) is 2. The Hall–Kier alpha value is -1.47. The molecule has 1 aliphatic heterocycles. The lowest BCUT2D eigenvalue weighted by molar-refractivity contribution is -0.138. The summed E-state index contributed by atoms with van der Waals surface area (Å²) in [5.74, 6) is -0.883. The van der Waals surface area contributed by atoms with Crippen LogP contribution in [-0.2, 0) is 11.3 Å². The Labute approximate surface area is 108 Å². The molecule has 0 bridgehead atoms. The Bertz CT molecular complexity index is 460. The van der Waals surface area contributed by atoms with Gasteiger partial charge in [0.15, 0.2) is 0 Å². The molecule has 0 radical (unpaired) electrons. The molecule has 0 aliphatic carbocycles. The van der Waals surface area contributed by atoms with E-state index in [9.17, 15) is 9.59 Å². The Morgan fingerprint density at radius 3 is 3.00 bits per heavy atom. The monoisotopic (exact) mass is 269 g/mol. The van der Waals surface area contributed by atoms with Crippen LogP contribution in [0.25, 0.3) is 0 Å². The topological polar surface area (TPSA) is 96.5 Å². The maximum Gasteiger partial charge on any atom is 0.303 e. The van der Waals surface area contributed by atoms with Crippen LogP contribution in [0.2, 0.25) is 0 Å². The van der Waals surface area contributed by atoms with Crippen molar-refractivity contribution >= 4 is 23.2 Å². The highest BCUT2D eigenvalue weighted by Gasteiger charge is 2.29. The van der Waals surface area contributed by atoms with Crippen molar-refractivity contribution in [3.8, 4) is 0 Å². The fourth-order valence-electron chi connectivity index (χ4n) is 2.10. The normalized spacial score (nSPS) is 19.2. The number of aromatic nitrogens is 1. The third kappa shape index (κ3) is 2.85. The number of nitrogens with two attached hydrogens (primary N) is 1. The van der Waals surface area contributed by atoms with Crippen LogP contribution < -0.4 is 5.73 Å². The van der Waals surface area contributed by atoms with Crippen LogP contribution >= 0.6 is 11.3 Å². The summed E-state index contributed by atoms with van der Waals surface area (Å²) in [6.07, 6.45) is 0.862. The summed E-state index contributed by atoms with van der Waals surface area (Å²) in [7, 11) is 0. The standard InChI is InChI=1S/C11H15N3O3S/c12-4-9-13-8(6-18-9)11(17)14-2-1-7(5-14)3-10(15)16/h6-7H,1-5,12H2,(H,15,16). The minimum atomic E-state index is -0.812. The molecule has 6 nitrogen and oxygen atoms in total. The predicted molar refractivity (Wildman–Crippen MR) is 66.3 cm³/mol. The Morgan fingerprint density at radius 2 is 2.39 bits per heavy atom. The molecule has 1 aromatic heterocycles. The number of thiazole rings is 1. The lowest BCUT2D eigenvalue weighted by atomic mass is 10.1. The molecule has 0 spiro atoms. The average molecular weight is 269 g/mol. The molecule has 1 fully saturated rings. The molecule has 1 saturated heterocycles. The molecule has 2 heterocycles. The zero-order valence-corrected chi connectivity index (χ0v) is 10.7. The summed E-state index contributed by atoms with van der Waals surface area (Å²) in [5.41, 5.74) is 5.86. The fourth-order valence-corrected chi connectivity index (χ4v) is 2.74. The van der Waals surface area contributed by atoms with Crippen LogP contribution in [0.5, 0.6) is 0 Å². The van der Waals surface area contributed by atoms with Crippen LogP contribution in [-0.4, -0.2) is 40.0 Å². The van der Waals surface area contributed by atoms with Crippen molar-refractivity contribution in [3.63, 3.8) is 0 Å². The number of amides is 1. The van der Waals surface area contributed by atoms with E-state index in [1.54, 1.807) is 10.3 Å². The van der Waals surface area contributed by atoms with Crippen LogP contribution in [0.1, 0.15) is 28.3 Å². The number of carboxylic acids is 1. The van der Waals surface area contributed by atoms with E-state index in [4.69, 9.17) is 10.8 Å². The van der Waals surface area contributed by atoms with Crippen LogP contribution in [0.3, 0.4) is 0 Å². The van der Waals surface area contributed by atoms with Gasteiger partial charge in [0.1, 0.15) is 10.7 Å². The van der Waals surface area contributed by atoms with Gasteiger partial charge in [0, 0.05) is 31.4 Å². The van der Waals surface area contributed by atoms with Crippen LogP contribution in [0.15, 0.2) is 5.38 Å². The number of carbonyl (C=O) groups excluding carboxylic acids is 1. The number of likely N-dealkylation sites (tertiary alicyclic amines) is 1. The van der Waals surface area contributed by atoms with Gasteiger partial charge in [-0.3, -0.25) is 9.59 Å². The zero-order chi connectivity index (χ0) is 13.1. The second-order valence-electron chi connectivity index (χ2n) is 4.33. The van der Waals surface area contributed by atoms with Crippen LogP contribution in [0.4, 0.5) is 0 Å². The summed E-state index contributed by atoms with van der Waals surface area (Å²) in [5, 5.41) is 11.2. The maximum atomic E-state index is 12.1. The lowest BCUT2D eigenvalue weighted by Gasteiger charge is -2.14. The van der Waals surface area contributed by atoms with Gasteiger partial charge in [0.2, 0.25) is 0 Å². The van der Waals surface area contributed by atoms with Crippen molar-refractivity contribution < 1.29 is 14.7 Å². The van der Waals surface area contributed by atoms with Gasteiger partial charge in [-0.15, -0.1) is 11.3 Å². The van der Waals surface area contributed by atoms with Crippen molar-refractivity contribution in [2.75, 3.05) is 13.1 Å². The molecule has 2 rings (SSSR count). The third-order valence-electron chi connectivity index (χ3n) is 2.98. The largest absolute Gasteiger partial charge is 0.481 e. The van der Waals surface area contributed by atoms with E-state index in [2.05, 4.69) is 4.98 Å². The highest BCUT2D eigenvalue weighted by atomic mass is 32.1. The summed E-state index contributed by atoms with van der Waals surface area (Å²) in [6.45, 7) is 1.44. The van der Waals surface area contributed by atoms with Gasteiger partial charge in [0.05, 0.1) is 0 Å². The predicted octanol–water partition coefficient (Wildman–Crippen LogP) is 0.539. The molecule has 1 atom stereocenters. The first kappa shape index (κ1) is 13.0. The Kier molecular flexibility index (Phi) is 3.93. The molecule has 1 aliphatic rings. The van der Waals surface area contributed by atoms with Gasteiger partial charge in [-0.25, -0.2) is 4.98 Å². The van der Waals surface area contributed by atoms with Crippen LogP contribution in [0, 0.1) is 5.92 Å². The third-order valence-corrected chi connectivity index (χ3v) is 3.85. The van der Waals surface area contributed by atoms with Gasteiger partial charge in [-0.2, -0.15) is 0 Å². The quantitative estimate of drug-likeness (QED) is 0.831. The molecule has 0 aromatic carbocycles. The second kappa shape index (κ2) is 5.45. The van der Waals surface area contributed by atoms with E-state index in [0.29, 0.717) is 25.3 Å². The molecular formula is C11H15N3O3S. The molecule has 7 heteroatoms. The summed E-state index contributed by atoms with van der Waals surface area (Å²) in [4.78, 5) is 28.5. The summed E-state index contributed by atoms with van der Waals surface area (Å²) < 4.78 is 0. The average Bonchev–Trinajstić information content (AvgIpc) is 2.95. The minimum absolute atomic E-state index is 0.0547. The van der Waals surface area contributed by atoms with Crippen molar-refractivity contribution in [1.82, 2.24) is 9.88 Å². The first-order valence-corrected chi connectivity index (χ1v) is 6.63. The van der Waals surface area contributed by atoms with E-state index in [1.165, 1.54) is 11.3 Å². The Balaban J connectivity index is 1.96. The Morgan fingerprint density at radius 1 is 1.61 bits per heavy atom. The first-order chi connectivity index (χ1) is 8.60. The maximum absolute atomic E-state index is 12.1. The smallest absolute Gasteiger partial charge is 0.303 e. The van der Waals surface area contributed by atoms with Gasteiger partial charge in [0.25, 0.3) is 5.91 Å². The first-order valence-electron chi connectivity index (χ1n) is 5.75. The van der Waals surface area contributed by atoms with E-state index in [-0.39, 0.29) is 18.2 Å². The van der Waals surface area contributed by atoms with Gasteiger partial charge in [-0.05, 0) is 12.3 Å². The number of rotatable bonds is 4. The molecule has 98 valence electrons.